The topological polar surface area (TPSA) is 95.1 Å². The average Bonchev–Trinajstić information content (AvgIpc) is 2.91. The van der Waals surface area contributed by atoms with E-state index in [1.54, 1.807) is 11.4 Å². The lowest BCUT2D eigenvalue weighted by molar-refractivity contribution is 0.0950. The fourth-order valence-corrected chi connectivity index (χ4v) is 2.16. The summed E-state index contributed by atoms with van der Waals surface area (Å²) in [6.45, 7) is 0.212. The Hall–Kier alpha value is -2.43. The number of amides is 1. The van der Waals surface area contributed by atoms with Crippen LogP contribution in [0.4, 0.5) is 0 Å². The van der Waals surface area contributed by atoms with Gasteiger partial charge in [-0.15, -0.1) is 0 Å². The van der Waals surface area contributed by atoms with Crippen molar-refractivity contribution in [1.82, 2.24) is 15.3 Å². The van der Waals surface area contributed by atoms with Crippen LogP contribution in [0.5, 0.6) is 0 Å². The molecule has 0 atom stereocenters. The van der Waals surface area contributed by atoms with E-state index in [4.69, 9.17) is 5.11 Å². The minimum atomic E-state index is -0.294. The van der Waals surface area contributed by atoms with Gasteiger partial charge in [0, 0.05) is 29.9 Å². The lowest BCUT2D eigenvalue weighted by Gasteiger charge is -2.05. The summed E-state index contributed by atoms with van der Waals surface area (Å²) in [4.78, 5) is 29.5. The van der Waals surface area contributed by atoms with Crippen LogP contribution in [-0.4, -0.2) is 27.6 Å². The van der Waals surface area contributed by atoms with Gasteiger partial charge < -0.3 is 15.4 Å². The normalized spacial score (nSPS) is 9.76. The van der Waals surface area contributed by atoms with E-state index in [9.17, 15) is 9.59 Å². The van der Waals surface area contributed by atoms with E-state index in [2.05, 4.69) is 27.1 Å². The number of carbonyl (C=O) groups is 1. The zero-order valence-corrected chi connectivity index (χ0v) is 11.9. The Morgan fingerprint density at radius 2 is 2.38 bits per heavy atom. The fourth-order valence-electron chi connectivity index (χ4n) is 1.58. The van der Waals surface area contributed by atoms with Gasteiger partial charge in [-0.25, -0.2) is 0 Å². The number of thiazole rings is 1. The molecular formula is C14H13N3O3S. The Morgan fingerprint density at radius 1 is 1.52 bits per heavy atom. The molecule has 2 heterocycles. The predicted octanol–water partition coefficient (Wildman–Crippen LogP) is 0.495. The summed E-state index contributed by atoms with van der Waals surface area (Å²) in [6.07, 6.45) is 3.36. The highest BCUT2D eigenvalue weighted by Crippen LogP contribution is 2.06. The third kappa shape index (κ3) is 4.27. The smallest absolute Gasteiger partial charge is 0.304 e. The third-order valence-electron chi connectivity index (χ3n) is 2.54. The van der Waals surface area contributed by atoms with Gasteiger partial charge in [0.15, 0.2) is 0 Å². The van der Waals surface area contributed by atoms with Crippen molar-refractivity contribution in [3.63, 3.8) is 0 Å². The Labute approximate surface area is 124 Å². The number of aromatic nitrogens is 2. The largest absolute Gasteiger partial charge is 0.395 e. The van der Waals surface area contributed by atoms with Crippen molar-refractivity contribution in [1.29, 1.82) is 0 Å². The van der Waals surface area contributed by atoms with Gasteiger partial charge >= 0.3 is 4.87 Å². The van der Waals surface area contributed by atoms with E-state index in [0.29, 0.717) is 23.2 Å². The maximum atomic E-state index is 12.1. The van der Waals surface area contributed by atoms with Gasteiger partial charge in [-0.3, -0.25) is 14.6 Å². The van der Waals surface area contributed by atoms with E-state index in [1.165, 1.54) is 12.4 Å². The molecule has 0 saturated carbocycles. The summed E-state index contributed by atoms with van der Waals surface area (Å²) < 4.78 is 0. The molecule has 2 aromatic rings. The number of pyridine rings is 1. The van der Waals surface area contributed by atoms with E-state index in [-0.39, 0.29) is 23.9 Å². The lowest BCUT2D eigenvalue weighted by atomic mass is 10.1. The highest BCUT2D eigenvalue weighted by atomic mass is 32.1. The molecule has 0 bridgehead atoms. The first-order valence-corrected chi connectivity index (χ1v) is 7.07. The van der Waals surface area contributed by atoms with Gasteiger partial charge in [0.25, 0.3) is 5.91 Å². The Bertz CT molecular complexity index is 739. The molecule has 0 radical (unpaired) electrons. The molecule has 2 aromatic heterocycles. The summed E-state index contributed by atoms with van der Waals surface area (Å²) in [5, 5.41) is 13.1. The minimum Gasteiger partial charge on any atom is -0.395 e. The standard InChI is InChI=1S/C14H13N3O3S/c18-6-2-1-3-10-7-15-5-4-12(10)13(19)16-8-11-9-21-14(20)17-11/h4-5,7,9,18H,2,6,8H2,(H,16,19)(H,17,20). The predicted molar refractivity (Wildman–Crippen MR) is 78.9 cm³/mol. The van der Waals surface area contributed by atoms with Crippen LogP contribution in [-0.2, 0) is 6.54 Å². The zero-order valence-electron chi connectivity index (χ0n) is 11.0. The van der Waals surface area contributed by atoms with Crippen molar-refractivity contribution in [2.45, 2.75) is 13.0 Å². The van der Waals surface area contributed by atoms with Crippen LogP contribution >= 0.6 is 11.3 Å². The molecular weight excluding hydrogens is 290 g/mol. The van der Waals surface area contributed by atoms with Crippen LogP contribution < -0.4 is 10.2 Å². The van der Waals surface area contributed by atoms with Crippen LogP contribution in [0.1, 0.15) is 28.0 Å². The van der Waals surface area contributed by atoms with Gasteiger partial charge in [0.2, 0.25) is 0 Å². The summed E-state index contributed by atoms with van der Waals surface area (Å²) in [7, 11) is 0. The molecule has 0 fully saturated rings. The first-order valence-electron chi connectivity index (χ1n) is 6.19. The number of nitrogens with one attached hydrogen (secondary N) is 2. The van der Waals surface area contributed by atoms with Crippen molar-refractivity contribution in [2.24, 2.45) is 0 Å². The number of rotatable bonds is 4. The van der Waals surface area contributed by atoms with E-state index < -0.39 is 0 Å². The van der Waals surface area contributed by atoms with Gasteiger partial charge in [-0.2, -0.15) is 0 Å². The summed E-state index contributed by atoms with van der Waals surface area (Å²) in [5.41, 5.74) is 1.57. The van der Waals surface area contributed by atoms with E-state index >= 15 is 0 Å². The van der Waals surface area contributed by atoms with E-state index in [1.807, 2.05) is 0 Å². The Morgan fingerprint density at radius 3 is 3.10 bits per heavy atom. The van der Waals surface area contributed by atoms with Crippen molar-refractivity contribution >= 4 is 17.2 Å². The number of H-pyrrole nitrogens is 1. The Kier molecular flexibility index (Phi) is 5.26. The molecule has 0 spiro atoms. The summed E-state index contributed by atoms with van der Waals surface area (Å²) in [6, 6.07) is 1.58. The number of aliphatic hydroxyl groups excluding tert-OH is 1. The second-order valence-electron chi connectivity index (χ2n) is 4.05. The quantitative estimate of drug-likeness (QED) is 0.717. The molecule has 1 amide bonds. The van der Waals surface area contributed by atoms with Crippen molar-refractivity contribution in [3.05, 3.63) is 50.3 Å². The number of aliphatic hydroxyl groups is 1. The molecule has 7 heteroatoms. The van der Waals surface area contributed by atoms with Gasteiger partial charge in [0.05, 0.1) is 24.3 Å². The lowest BCUT2D eigenvalue weighted by Crippen LogP contribution is -2.24. The van der Waals surface area contributed by atoms with Crippen LogP contribution in [0, 0.1) is 11.8 Å². The molecule has 21 heavy (non-hydrogen) atoms. The fraction of sp³-hybridized carbons (Fsp3) is 0.214. The zero-order chi connectivity index (χ0) is 15.1. The molecule has 108 valence electrons. The summed E-state index contributed by atoms with van der Waals surface area (Å²) in [5.74, 6) is 5.27. The molecule has 2 rings (SSSR count). The molecule has 0 aromatic carbocycles. The average molecular weight is 303 g/mol. The maximum absolute atomic E-state index is 12.1. The van der Waals surface area contributed by atoms with Gasteiger partial charge in [-0.1, -0.05) is 23.2 Å². The molecule has 0 unspecified atom stereocenters. The van der Waals surface area contributed by atoms with Crippen LogP contribution in [0.15, 0.2) is 28.6 Å². The third-order valence-corrected chi connectivity index (χ3v) is 3.25. The maximum Gasteiger partial charge on any atom is 0.304 e. The van der Waals surface area contributed by atoms with Crippen LogP contribution in [0.2, 0.25) is 0 Å². The van der Waals surface area contributed by atoms with Crippen molar-refractivity contribution < 1.29 is 9.90 Å². The second-order valence-corrected chi connectivity index (χ2v) is 4.89. The number of aromatic amines is 1. The molecule has 0 aliphatic carbocycles. The van der Waals surface area contributed by atoms with Crippen LogP contribution in [0.3, 0.4) is 0 Å². The molecule has 0 saturated heterocycles. The van der Waals surface area contributed by atoms with Crippen molar-refractivity contribution in [3.8, 4) is 11.8 Å². The number of nitrogens with zero attached hydrogens (tertiary/aromatic N) is 1. The van der Waals surface area contributed by atoms with Gasteiger partial charge in [0.1, 0.15) is 0 Å². The number of carbonyl (C=O) groups excluding carboxylic acids is 1. The summed E-state index contributed by atoms with van der Waals surface area (Å²) >= 11 is 1.05. The first-order chi connectivity index (χ1) is 10.2. The highest BCUT2D eigenvalue weighted by Gasteiger charge is 2.10. The Balaban J connectivity index is 2.08. The monoisotopic (exact) mass is 303 g/mol. The van der Waals surface area contributed by atoms with Gasteiger partial charge in [-0.05, 0) is 6.07 Å². The molecule has 0 aliphatic heterocycles. The van der Waals surface area contributed by atoms with Crippen LogP contribution in [0.25, 0.3) is 0 Å². The number of hydrogen-bond acceptors (Lipinski definition) is 5. The molecule has 3 N–H and O–H groups in total. The SMILES string of the molecule is O=C(NCc1csc(=O)[nH]1)c1ccncc1C#CCCO. The van der Waals surface area contributed by atoms with Crippen molar-refractivity contribution in [2.75, 3.05) is 6.61 Å². The molecule has 0 aliphatic rings. The minimum absolute atomic E-state index is 0.0275. The molecule has 6 nitrogen and oxygen atoms in total. The second kappa shape index (κ2) is 7.38. The number of hydrogen-bond donors (Lipinski definition) is 3. The first kappa shape index (κ1) is 15.0. The highest BCUT2D eigenvalue weighted by molar-refractivity contribution is 7.07. The van der Waals surface area contributed by atoms with E-state index in [0.717, 1.165) is 11.3 Å².